The molecular formula is C24H24FN7. The van der Waals surface area contributed by atoms with Crippen LogP contribution in [0.2, 0.25) is 0 Å². The standard InChI is InChI=1S/C24H24FN7/c1-13-4-7-19(25)24-23(13)18(14(2)28-24)8-9-26-21-11-22(30-15(3)29-21)31-17-6-5-16-12-27-32-20(16)10-17/h4-7,10-12,28H,8-9H2,1-3H3,(H,27,32)(H2,26,29,30,31). The first-order valence-corrected chi connectivity index (χ1v) is 10.5. The predicted octanol–water partition coefficient (Wildman–Crippen LogP) is 5.30. The SMILES string of the molecule is Cc1nc(NCCc2c(C)[nH]c3c(F)ccc(C)c23)cc(Nc2ccc3cn[nH]c3c2)n1. The van der Waals surface area contributed by atoms with Crippen molar-refractivity contribution in [3.63, 3.8) is 0 Å². The number of aryl methyl sites for hydroxylation is 3. The van der Waals surface area contributed by atoms with E-state index in [1.54, 1.807) is 6.20 Å². The van der Waals surface area contributed by atoms with Gasteiger partial charge in [0.2, 0.25) is 0 Å². The fourth-order valence-electron chi connectivity index (χ4n) is 4.16. The predicted molar refractivity (Wildman–Crippen MR) is 126 cm³/mol. The van der Waals surface area contributed by atoms with Crippen LogP contribution in [-0.2, 0) is 6.42 Å². The summed E-state index contributed by atoms with van der Waals surface area (Å²) in [4.78, 5) is 12.2. The van der Waals surface area contributed by atoms with Gasteiger partial charge < -0.3 is 15.6 Å². The second kappa shape index (κ2) is 7.96. The van der Waals surface area contributed by atoms with E-state index in [0.29, 0.717) is 23.7 Å². The molecule has 2 aromatic carbocycles. The van der Waals surface area contributed by atoms with Crippen LogP contribution in [0.1, 0.15) is 22.6 Å². The van der Waals surface area contributed by atoms with E-state index in [2.05, 4.69) is 35.8 Å². The summed E-state index contributed by atoms with van der Waals surface area (Å²) in [5, 5.41) is 15.8. The molecule has 4 N–H and O–H groups in total. The highest BCUT2D eigenvalue weighted by Crippen LogP contribution is 2.28. The van der Waals surface area contributed by atoms with E-state index in [9.17, 15) is 4.39 Å². The molecule has 0 atom stereocenters. The Balaban J connectivity index is 1.32. The van der Waals surface area contributed by atoms with Gasteiger partial charge in [-0.2, -0.15) is 5.10 Å². The minimum atomic E-state index is -0.219. The molecule has 8 heteroatoms. The molecule has 32 heavy (non-hydrogen) atoms. The summed E-state index contributed by atoms with van der Waals surface area (Å²) in [6.07, 6.45) is 2.54. The normalized spacial score (nSPS) is 11.4. The van der Waals surface area contributed by atoms with Crippen molar-refractivity contribution >= 4 is 39.1 Å². The van der Waals surface area contributed by atoms with Crippen molar-refractivity contribution in [2.24, 2.45) is 0 Å². The van der Waals surface area contributed by atoms with E-state index in [0.717, 1.165) is 51.0 Å². The Kier molecular flexibility index (Phi) is 4.97. The molecule has 0 saturated carbocycles. The lowest BCUT2D eigenvalue weighted by atomic mass is 10.0. The molecule has 5 rings (SSSR count). The summed E-state index contributed by atoms with van der Waals surface area (Å²) in [6.45, 7) is 6.53. The highest BCUT2D eigenvalue weighted by Gasteiger charge is 2.14. The van der Waals surface area contributed by atoms with E-state index in [4.69, 9.17) is 0 Å². The second-order valence-corrected chi connectivity index (χ2v) is 8.00. The summed E-state index contributed by atoms with van der Waals surface area (Å²) >= 11 is 0. The Morgan fingerprint density at radius 1 is 1.00 bits per heavy atom. The number of benzene rings is 2. The van der Waals surface area contributed by atoms with E-state index in [1.807, 2.05) is 51.1 Å². The number of halogens is 1. The van der Waals surface area contributed by atoms with Crippen LogP contribution in [-0.4, -0.2) is 31.7 Å². The van der Waals surface area contributed by atoms with E-state index >= 15 is 0 Å². The summed E-state index contributed by atoms with van der Waals surface area (Å²) in [5.41, 5.74) is 5.64. The maximum Gasteiger partial charge on any atom is 0.147 e. The first-order chi connectivity index (χ1) is 15.5. The number of nitrogens with zero attached hydrogens (tertiary/aromatic N) is 3. The number of H-pyrrole nitrogens is 2. The van der Waals surface area contributed by atoms with E-state index in [-0.39, 0.29) is 5.82 Å². The average Bonchev–Trinajstić information content (AvgIpc) is 3.35. The van der Waals surface area contributed by atoms with Crippen molar-refractivity contribution in [3.8, 4) is 0 Å². The lowest BCUT2D eigenvalue weighted by Gasteiger charge is -2.11. The summed E-state index contributed by atoms with van der Waals surface area (Å²) < 4.78 is 14.2. The molecule has 0 fully saturated rings. The molecule has 3 aromatic heterocycles. The van der Waals surface area contributed by atoms with E-state index in [1.165, 1.54) is 6.07 Å². The van der Waals surface area contributed by atoms with Gasteiger partial charge >= 0.3 is 0 Å². The van der Waals surface area contributed by atoms with Crippen molar-refractivity contribution < 1.29 is 4.39 Å². The largest absolute Gasteiger partial charge is 0.370 e. The molecule has 0 bridgehead atoms. The van der Waals surface area contributed by atoms with Gasteiger partial charge in [0.05, 0.1) is 17.2 Å². The Bertz CT molecular complexity index is 1430. The van der Waals surface area contributed by atoms with Crippen LogP contribution >= 0.6 is 0 Å². The third-order valence-corrected chi connectivity index (χ3v) is 5.66. The number of hydrogen-bond donors (Lipinski definition) is 4. The Morgan fingerprint density at radius 2 is 1.84 bits per heavy atom. The summed E-state index contributed by atoms with van der Waals surface area (Å²) in [7, 11) is 0. The van der Waals surface area contributed by atoms with Gasteiger partial charge in [0.15, 0.2) is 0 Å². The average molecular weight is 430 g/mol. The fourth-order valence-corrected chi connectivity index (χ4v) is 4.16. The summed E-state index contributed by atoms with van der Waals surface area (Å²) in [6, 6.07) is 11.2. The molecule has 0 aliphatic rings. The first-order valence-electron chi connectivity index (χ1n) is 10.5. The lowest BCUT2D eigenvalue weighted by Crippen LogP contribution is -2.09. The molecule has 0 unspecified atom stereocenters. The van der Waals surface area contributed by atoms with Gasteiger partial charge in [0.25, 0.3) is 0 Å². The second-order valence-electron chi connectivity index (χ2n) is 8.00. The van der Waals surface area contributed by atoms with Crippen LogP contribution in [0.3, 0.4) is 0 Å². The molecule has 0 radical (unpaired) electrons. The Labute approximate surface area is 184 Å². The number of anilines is 3. The molecule has 5 aromatic rings. The van der Waals surface area contributed by atoms with Crippen molar-refractivity contribution in [1.29, 1.82) is 0 Å². The third-order valence-electron chi connectivity index (χ3n) is 5.66. The summed E-state index contributed by atoms with van der Waals surface area (Å²) in [5.74, 6) is 1.90. The lowest BCUT2D eigenvalue weighted by molar-refractivity contribution is 0.637. The van der Waals surface area contributed by atoms with Crippen molar-refractivity contribution in [1.82, 2.24) is 25.1 Å². The van der Waals surface area contributed by atoms with E-state index < -0.39 is 0 Å². The number of aromatic amines is 2. The molecule has 0 amide bonds. The zero-order valence-corrected chi connectivity index (χ0v) is 18.2. The number of hydrogen-bond acceptors (Lipinski definition) is 5. The minimum absolute atomic E-state index is 0.219. The van der Waals surface area contributed by atoms with Crippen LogP contribution < -0.4 is 10.6 Å². The molecular weight excluding hydrogens is 405 g/mol. The van der Waals surface area contributed by atoms with Crippen LogP contribution in [0.25, 0.3) is 21.8 Å². The smallest absolute Gasteiger partial charge is 0.147 e. The quantitative estimate of drug-likeness (QED) is 0.294. The van der Waals surface area contributed by atoms with Gasteiger partial charge in [-0.3, -0.25) is 5.10 Å². The van der Waals surface area contributed by atoms with Crippen molar-refractivity contribution in [3.05, 3.63) is 71.1 Å². The van der Waals surface area contributed by atoms with Crippen LogP contribution in [0.15, 0.2) is 42.6 Å². The fraction of sp³-hybridized carbons (Fsp3) is 0.208. The Hall–Kier alpha value is -3.94. The Morgan fingerprint density at radius 3 is 2.72 bits per heavy atom. The molecule has 7 nitrogen and oxygen atoms in total. The monoisotopic (exact) mass is 429 g/mol. The molecule has 162 valence electrons. The van der Waals surface area contributed by atoms with Crippen molar-refractivity contribution in [2.45, 2.75) is 27.2 Å². The zero-order valence-electron chi connectivity index (χ0n) is 18.2. The first kappa shape index (κ1) is 20.0. The van der Waals surface area contributed by atoms with Gasteiger partial charge in [-0.15, -0.1) is 0 Å². The highest BCUT2D eigenvalue weighted by molar-refractivity contribution is 5.88. The molecule has 0 saturated heterocycles. The molecule has 0 spiro atoms. The molecule has 0 aliphatic heterocycles. The van der Waals surface area contributed by atoms with Gasteiger partial charge in [-0.25, -0.2) is 14.4 Å². The van der Waals surface area contributed by atoms with Gasteiger partial charge in [-0.1, -0.05) is 6.07 Å². The maximum absolute atomic E-state index is 14.2. The number of nitrogens with one attached hydrogen (secondary N) is 4. The van der Waals surface area contributed by atoms with Gasteiger partial charge in [0, 0.05) is 34.8 Å². The highest BCUT2D eigenvalue weighted by atomic mass is 19.1. The minimum Gasteiger partial charge on any atom is -0.370 e. The van der Waals surface area contributed by atoms with Crippen molar-refractivity contribution in [2.75, 3.05) is 17.2 Å². The third kappa shape index (κ3) is 3.75. The molecule has 0 aliphatic carbocycles. The van der Waals surface area contributed by atoms with Gasteiger partial charge in [-0.05, 0) is 62.6 Å². The number of rotatable bonds is 6. The number of aromatic nitrogens is 5. The zero-order chi connectivity index (χ0) is 22.2. The van der Waals surface area contributed by atoms with Crippen LogP contribution in [0.5, 0.6) is 0 Å². The molecule has 3 heterocycles. The number of fused-ring (bicyclic) bond motifs is 2. The topological polar surface area (TPSA) is 94.3 Å². The van der Waals surface area contributed by atoms with Gasteiger partial charge in [0.1, 0.15) is 23.3 Å². The maximum atomic E-state index is 14.2. The van der Waals surface area contributed by atoms with Crippen LogP contribution in [0.4, 0.5) is 21.7 Å². The van der Waals surface area contributed by atoms with Crippen LogP contribution in [0, 0.1) is 26.6 Å².